The fourth-order valence-corrected chi connectivity index (χ4v) is 3.89. The number of rotatable bonds is 8. The maximum Gasteiger partial charge on any atom is 0.340 e. The molecule has 4 rings (SSSR count). The van der Waals surface area contributed by atoms with Crippen molar-refractivity contribution < 1.29 is 34.3 Å². The normalized spacial score (nSPS) is 10.6. The minimum absolute atomic E-state index is 0.0832. The van der Waals surface area contributed by atoms with Gasteiger partial charge in [0, 0.05) is 11.1 Å². The molecule has 4 aromatic rings. The van der Waals surface area contributed by atoms with Gasteiger partial charge in [-0.2, -0.15) is 0 Å². The van der Waals surface area contributed by atoms with Crippen molar-refractivity contribution in [1.82, 2.24) is 0 Å². The zero-order valence-corrected chi connectivity index (χ0v) is 19.2. The van der Waals surface area contributed by atoms with E-state index >= 15 is 0 Å². The minimum Gasteiger partial charge on any atom is -0.508 e. The van der Waals surface area contributed by atoms with Crippen molar-refractivity contribution in [2.24, 2.45) is 0 Å². The SMILES string of the molecule is COc1cc(-c2ccc(O)cc2)c(OC)c(C(=O)O)c1-c1ccc(OCc2ccccc2)c(O)c1. The number of aromatic carboxylic acids is 1. The van der Waals surface area contributed by atoms with E-state index < -0.39 is 5.97 Å². The molecule has 0 aliphatic rings. The van der Waals surface area contributed by atoms with Crippen molar-refractivity contribution in [3.63, 3.8) is 0 Å². The van der Waals surface area contributed by atoms with Crippen LogP contribution in [0, 0.1) is 0 Å². The van der Waals surface area contributed by atoms with E-state index in [0.29, 0.717) is 16.7 Å². The highest BCUT2D eigenvalue weighted by atomic mass is 16.5. The van der Waals surface area contributed by atoms with Gasteiger partial charge in [-0.1, -0.05) is 48.5 Å². The average Bonchev–Trinajstić information content (AvgIpc) is 2.87. The van der Waals surface area contributed by atoms with Gasteiger partial charge >= 0.3 is 5.97 Å². The summed E-state index contributed by atoms with van der Waals surface area (Å²) in [5.74, 6) is -0.606. The molecule has 0 heterocycles. The first-order valence-corrected chi connectivity index (χ1v) is 10.7. The van der Waals surface area contributed by atoms with Crippen molar-refractivity contribution in [1.29, 1.82) is 0 Å². The number of ether oxygens (including phenoxy) is 3. The van der Waals surface area contributed by atoms with Gasteiger partial charge in [0.15, 0.2) is 11.5 Å². The summed E-state index contributed by atoms with van der Waals surface area (Å²) in [7, 11) is 2.83. The van der Waals surface area contributed by atoms with Crippen LogP contribution in [0.1, 0.15) is 15.9 Å². The van der Waals surface area contributed by atoms with Gasteiger partial charge < -0.3 is 29.5 Å². The van der Waals surface area contributed by atoms with Crippen LogP contribution in [0.2, 0.25) is 0 Å². The molecule has 0 radical (unpaired) electrons. The van der Waals surface area contributed by atoms with E-state index in [9.17, 15) is 20.1 Å². The molecule has 3 N–H and O–H groups in total. The molecule has 7 nitrogen and oxygen atoms in total. The smallest absolute Gasteiger partial charge is 0.340 e. The van der Waals surface area contributed by atoms with E-state index in [-0.39, 0.29) is 46.5 Å². The predicted octanol–water partition coefficient (Wildman–Crippen LogP) is 5.73. The molecule has 178 valence electrons. The average molecular weight is 472 g/mol. The van der Waals surface area contributed by atoms with Crippen LogP contribution < -0.4 is 14.2 Å². The highest BCUT2D eigenvalue weighted by Crippen LogP contribution is 2.46. The Hall–Kier alpha value is -4.65. The molecule has 0 saturated carbocycles. The Kier molecular flexibility index (Phi) is 6.78. The number of aromatic hydroxyl groups is 2. The maximum atomic E-state index is 12.4. The Morgan fingerprint density at radius 3 is 2.09 bits per heavy atom. The van der Waals surface area contributed by atoms with Gasteiger partial charge in [-0.05, 0) is 47.0 Å². The highest BCUT2D eigenvalue weighted by molar-refractivity contribution is 6.04. The number of phenolic OH excluding ortho intramolecular Hbond substituents is 2. The minimum atomic E-state index is -1.22. The van der Waals surface area contributed by atoms with E-state index in [1.807, 2.05) is 30.3 Å². The Bertz CT molecular complexity index is 1350. The standard InChI is InChI=1S/C28H24O7/c1-33-24-15-21(18-8-11-20(29)12-9-18)27(34-2)26(28(31)32)25(24)19-10-13-23(22(30)14-19)35-16-17-6-4-3-5-7-17/h3-15,29-30H,16H2,1-2H3,(H,31,32). The zero-order chi connectivity index (χ0) is 24.9. The fraction of sp³-hybridized carbons (Fsp3) is 0.107. The van der Waals surface area contributed by atoms with Crippen molar-refractivity contribution in [3.8, 4) is 51.0 Å². The Morgan fingerprint density at radius 2 is 1.49 bits per heavy atom. The molecule has 0 bridgehead atoms. The summed E-state index contributed by atoms with van der Waals surface area (Å²) in [6.45, 7) is 0.270. The molecule has 0 unspecified atom stereocenters. The van der Waals surface area contributed by atoms with Crippen molar-refractivity contribution in [2.45, 2.75) is 6.61 Å². The summed E-state index contributed by atoms with van der Waals surface area (Å²) < 4.78 is 16.8. The van der Waals surface area contributed by atoms with Crippen molar-refractivity contribution in [2.75, 3.05) is 14.2 Å². The largest absolute Gasteiger partial charge is 0.508 e. The lowest BCUT2D eigenvalue weighted by Crippen LogP contribution is -2.07. The molecular weight excluding hydrogens is 448 g/mol. The van der Waals surface area contributed by atoms with Crippen LogP contribution in [0.3, 0.4) is 0 Å². The first-order chi connectivity index (χ1) is 16.9. The van der Waals surface area contributed by atoms with Crippen LogP contribution in [-0.2, 0) is 6.61 Å². The third-order valence-electron chi connectivity index (χ3n) is 5.54. The summed E-state index contributed by atoms with van der Waals surface area (Å²) in [5.41, 5.74) is 2.62. The Morgan fingerprint density at radius 1 is 0.800 bits per heavy atom. The van der Waals surface area contributed by atoms with E-state index in [1.165, 1.54) is 32.4 Å². The quantitative estimate of drug-likeness (QED) is 0.301. The van der Waals surface area contributed by atoms with E-state index in [0.717, 1.165) is 5.56 Å². The van der Waals surface area contributed by atoms with Gasteiger partial charge in [0.05, 0.1) is 14.2 Å². The molecule has 0 saturated heterocycles. The Labute approximate surface area is 202 Å². The number of hydrogen-bond acceptors (Lipinski definition) is 6. The fourth-order valence-electron chi connectivity index (χ4n) is 3.89. The van der Waals surface area contributed by atoms with Crippen LogP contribution in [0.4, 0.5) is 0 Å². The number of methoxy groups -OCH3 is 2. The zero-order valence-electron chi connectivity index (χ0n) is 19.2. The van der Waals surface area contributed by atoms with Crippen LogP contribution in [0.15, 0.2) is 78.9 Å². The number of hydrogen-bond donors (Lipinski definition) is 3. The third kappa shape index (κ3) is 4.84. The Balaban J connectivity index is 1.81. The first-order valence-electron chi connectivity index (χ1n) is 10.7. The molecular formula is C28H24O7. The highest BCUT2D eigenvalue weighted by Gasteiger charge is 2.27. The van der Waals surface area contributed by atoms with Crippen molar-refractivity contribution in [3.05, 3.63) is 90.0 Å². The summed E-state index contributed by atoms with van der Waals surface area (Å²) in [6.07, 6.45) is 0. The van der Waals surface area contributed by atoms with Crippen LogP contribution in [0.25, 0.3) is 22.3 Å². The molecule has 35 heavy (non-hydrogen) atoms. The second-order valence-electron chi connectivity index (χ2n) is 7.72. The lowest BCUT2D eigenvalue weighted by atomic mass is 9.92. The second-order valence-corrected chi connectivity index (χ2v) is 7.72. The number of carboxylic acids is 1. The second kappa shape index (κ2) is 10.1. The molecule has 7 heteroatoms. The molecule has 0 spiro atoms. The summed E-state index contributed by atoms with van der Waals surface area (Å²) in [5, 5.41) is 30.4. The van der Waals surface area contributed by atoms with Crippen LogP contribution >= 0.6 is 0 Å². The maximum absolute atomic E-state index is 12.4. The van der Waals surface area contributed by atoms with Crippen LogP contribution in [-0.4, -0.2) is 35.5 Å². The van der Waals surface area contributed by atoms with E-state index in [4.69, 9.17) is 14.2 Å². The van der Waals surface area contributed by atoms with Gasteiger partial charge in [-0.25, -0.2) is 4.79 Å². The molecule has 4 aromatic carbocycles. The lowest BCUT2D eigenvalue weighted by Gasteiger charge is -2.20. The molecule has 0 amide bonds. The van der Waals surface area contributed by atoms with Crippen LogP contribution in [0.5, 0.6) is 28.7 Å². The third-order valence-corrected chi connectivity index (χ3v) is 5.54. The molecule has 0 fully saturated rings. The topological polar surface area (TPSA) is 105 Å². The number of benzene rings is 4. The monoisotopic (exact) mass is 472 g/mol. The molecule has 0 atom stereocenters. The summed E-state index contributed by atoms with van der Waals surface area (Å²) >= 11 is 0. The molecule has 0 aliphatic heterocycles. The number of carboxylic acid groups (broad SMARTS) is 1. The molecule has 0 aliphatic carbocycles. The van der Waals surface area contributed by atoms with Gasteiger partial charge in [0.2, 0.25) is 0 Å². The summed E-state index contributed by atoms with van der Waals surface area (Å²) in [4.78, 5) is 12.4. The van der Waals surface area contributed by atoms with E-state index in [2.05, 4.69) is 0 Å². The van der Waals surface area contributed by atoms with Gasteiger partial charge in [-0.15, -0.1) is 0 Å². The van der Waals surface area contributed by atoms with Gasteiger partial charge in [0.25, 0.3) is 0 Å². The predicted molar refractivity (Wildman–Crippen MR) is 131 cm³/mol. The van der Waals surface area contributed by atoms with E-state index in [1.54, 1.807) is 30.3 Å². The van der Waals surface area contributed by atoms with Gasteiger partial charge in [-0.3, -0.25) is 0 Å². The van der Waals surface area contributed by atoms with Crippen molar-refractivity contribution >= 4 is 5.97 Å². The molecule has 0 aromatic heterocycles. The lowest BCUT2D eigenvalue weighted by molar-refractivity contribution is 0.0694. The van der Waals surface area contributed by atoms with Gasteiger partial charge in [0.1, 0.15) is 29.4 Å². The first kappa shape index (κ1) is 23.5. The number of carbonyl (C=O) groups is 1. The summed E-state index contributed by atoms with van der Waals surface area (Å²) in [6, 6.07) is 22.2. The number of phenols is 2.